The highest BCUT2D eigenvalue weighted by molar-refractivity contribution is 6.36. The number of pyridine rings is 1. The number of hydrazine groups is 1. The van der Waals surface area contributed by atoms with Crippen LogP contribution in [0.15, 0.2) is 6.07 Å². The van der Waals surface area contributed by atoms with E-state index in [1.165, 1.54) is 6.07 Å². The van der Waals surface area contributed by atoms with Crippen LogP contribution in [-0.4, -0.2) is 11.6 Å². The van der Waals surface area contributed by atoms with E-state index in [1.807, 2.05) is 0 Å². The van der Waals surface area contributed by atoms with Gasteiger partial charge in [0, 0.05) is 6.42 Å². The summed E-state index contributed by atoms with van der Waals surface area (Å²) in [6.45, 7) is 0.342. The fraction of sp³-hybridized carbons (Fsp3) is 0.222. The number of nitrogens with one attached hydrogen (secondary N) is 1. The molecule has 0 spiro atoms. The van der Waals surface area contributed by atoms with Crippen molar-refractivity contribution in [2.24, 2.45) is 5.84 Å². The highest BCUT2D eigenvalue weighted by Gasteiger charge is 2.09. The van der Waals surface area contributed by atoms with Crippen molar-refractivity contribution in [1.29, 1.82) is 0 Å². The normalized spacial score (nSPS) is 9.47. The van der Waals surface area contributed by atoms with Crippen molar-refractivity contribution >= 4 is 29.0 Å². The monoisotopic (exact) mass is 245 g/mol. The van der Waals surface area contributed by atoms with Crippen molar-refractivity contribution in [3.05, 3.63) is 16.1 Å². The van der Waals surface area contributed by atoms with Crippen LogP contribution in [0.25, 0.3) is 0 Å². The Morgan fingerprint density at radius 3 is 2.87 bits per heavy atom. The van der Waals surface area contributed by atoms with Gasteiger partial charge in [0.05, 0.1) is 5.02 Å². The second-order valence-corrected chi connectivity index (χ2v) is 3.37. The van der Waals surface area contributed by atoms with E-state index in [9.17, 15) is 0 Å². The molecule has 80 valence electrons. The first-order chi connectivity index (χ1) is 7.19. The van der Waals surface area contributed by atoms with Gasteiger partial charge in [-0.3, -0.25) is 0 Å². The molecule has 3 N–H and O–H groups in total. The van der Waals surface area contributed by atoms with Crippen LogP contribution in [0.3, 0.4) is 0 Å². The summed E-state index contributed by atoms with van der Waals surface area (Å²) >= 11 is 11.6. The maximum Gasteiger partial charge on any atom is 0.234 e. The van der Waals surface area contributed by atoms with Gasteiger partial charge in [-0.1, -0.05) is 23.2 Å². The molecule has 0 saturated carbocycles. The molecule has 0 saturated heterocycles. The Hall–Kier alpha value is -1.15. The molecule has 0 aliphatic heterocycles. The predicted octanol–water partition coefficient (Wildman–Crippen LogP) is 2.08. The van der Waals surface area contributed by atoms with Crippen molar-refractivity contribution in [3.8, 4) is 18.2 Å². The number of hydrogen-bond donors (Lipinski definition) is 2. The Morgan fingerprint density at radius 1 is 1.53 bits per heavy atom. The Bertz CT molecular complexity index is 390. The summed E-state index contributed by atoms with van der Waals surface area (Å²) in [5, 5.41) is 0.642. The minimum absolute atomic E-state index is 0.254. The van der Waals surface area contributed by atoms with Crippen LogP contribution in [0.1, 0.15) is 6.42 Å². The lowest BCUT2D eigenvalue weighted by Crippen LogP contribution is -2.10. The van der Waals surface area contributed by atoms with E-state index in [0.717, 1.165) is 0 Å². The smallest absolute Gasteiger partial charge is 0.234 e. The topological polar surface area (TPSA) is 60.2 Å². The quantitative estimate of drug-likeness (QED) is 0.369. The molecule has 1 aromatic heterocycles. The number of ether oxygens (including phenoxy) is 1. The third kappa shape index (κ3) is 3.17. The van der Waals surface area contributed by atoms with Crippen LogP contribution in [0, 0.1) is 12.3 Å². The van der Waals surface area contributed by atoms with Gasteiger partial charge in [0.2, 0.25) is 5.88 Å². The van der Waals surface area contributed by atoms with Crippen molar-refractivity contribution in [3.63, 3.8) is 0 Å². The molecule has 0 aromatic carbocycles. The van der Waals surface area contributed by atoms with E-state index >= 15 is 0 Å². The molecule has 1 heterocycles. The van der Waals surface area contributed by atoms with Gasteiger partial charge in [0.1, 0.15) is 11.6 Å². The molecule has 0 aliphatic carbocycles. The lowest BCUT2D eigenvalue weighted by molar-refractivity contribution is 0.315. The van der Waals surface area contributed by atoms with Gasteiger partial charge in [0.15, 0.2) is 5.82 Å². The number of halogens is 2. The molecule has 0 atom stereocenters. The van der Waals surface area contributed by atoms with E-state index in [4.69, 9.17) is 40.2 Å². The molecule has 0 amide bonds. The second-order valence-electron chi connectivity index (χ2n) is 2.55. The molecular formula is C9H9Cl2N3O. The summed E-state index contributed by atoms with van der Waals surface area (Å²) in [4.78, 5) is 3.97. The summed E-state index contributed by atoms with van der Waals surface area (Å²) in [6.07, 6.45) is 5.55. The van der Waals surface area contributed by atoms with E-state index in [-0.39, 0.29) is 5.88 Å². The van der Waals surface area contributed by atoms with Crippen molar-refractivity contribution < 1.29 is 4.74 Å². The SMILES string of the molecule is C#CCCOc1nc(NN)c(Cl)cc1Cl. The van der Waals surface area contributed by atoms with Crippen molar-refractivity contribution in [1.82, 2.24) is 4.98 Å². The van der Waals surface area contributed by atoms with Crippen LogP contribution in [0.4, 0.5) is 5.82 Å². The third-order valence-electron chi connectivity index (χ3n) is 1.52. The van der Waals surface area contributed by atoms with Crippen LogP contribution >= 0.6 is 23.2 Å². The minimum Gasteiger partial charge on any atom is -0.476 e. The zero-order valence-electron chi connectivity index (χ0n) is 7.76. The highest BCUT2D eigenvalue weighted by atomic mass is 35.5. The second kappa shape index (κ2) is 5.66. The van der Waals surface area contributed by atoms with Crippen molar-refractivity contribution in [2.75, 3.05) is 12.0 Å². The number of anilines is 1. The fourth-order valence-corrected chi connectivity index (χ4v) is 1.33. The predicted molar refractivity (Wildman–Crippen MR) is 61.0 cm³/mol. The molecule has 1 aromatic rings. The Kier molecular flexibility index (Phi) is 4.50. The molecule has 4 nitrogen and oxygen atoms in total. The molecule has 0 bridgehead atoms. The van der Waals surface area contributed by atoms with Gasteiger partial charge >= 0.3 is 0 Å². The average molecular weight is 246 g/mol. The van der Waals surface area contributed by atoms with E-state index < -0.39 is 0 Å². The number of nitrogens with two attached hydrogens (primary N) is 1. The lowest BCUT2D eigenvalue weighted by atomic mass is 10.4. The Morgan fingerprint density at radius 2 is 2.27 bits per heavy atom. The summed E-state index contributed by atoms with van der Waals surface area (Å²) in [7, 11) is 0. The first-order valence-corrected chi connectivity index (χ1v) is 4.83. The summed E-state index contributed by atoms with van der Waals surface area (Å²) in [5.74, 6) is 8.19. The number of aromatic nitrogens is 1. The van der Waals surface area contributed by atoms with Gasteiger partial charge < -0.3 is 10.2 Å². The Balaban J connectivity index is 2.83. The maximum atomic E-state index is 5.85. The van der Waals surface area contributed by atoms with Crippen LogP contribution < -0.4 is 16.0 Å². The molecule has 0 unspecified atom stereocenters. The number of terminal acetylenes is 1. The van der Waals surface area contributed by atoms with Crippen LogP contribution in [0.2, 0.25) is 10.0 Å². The molecule has 1 rings (SSSR count). The van der Waals surface area contributed by atoms with Crippen molar-refractivity contribution in [2.45, 2.75) is 6.42 Å². The number of hydrogen-bond acceptors (Lipinski definition) is 4. The van der Waals surface area contributed by atoms with Gasteiger partial charge in [-0.15, -0.1) is 12.3 Å². The van der Waals surface area contributed by atoms with Gasteiger partial charge in [-0.05, 0) is 6.07 Å². The fourth-order valence-electron chi connectivity index (χ4n) is 0.859. The molecule has 15 heavy (non-hydrogen) atoms. The average Bonchev–Trinajstić information content (AvgIpc) is 2.21. The number of nitrogens with zero attached hydrogens (tertiary/aromatic N) is 1. The van der Waals surface area contributed by atoms with E-state index in [0.29, 0.717) is 28.9 Å². The Labute approximate surface area is 97.7 Å². The highest BCUT2D eigenvalue weighted by Crippen LogP contribution is 2.30. The van der Waals surface area contributed by atoms with E-state index in [2.05, 4.69) is 16.3 Å². The number of nitrogen functional groups attached to an aromatic ring is 1. The molecule has 0 radical (unpaired) electrons. The molecule has 6 heteroatoms. The van der Waals surface area contributed by atoms with Gasteiger partial charge in [-0.25, -0.2) is 5.84 Å². The zero-order chi connectivity index (χ0) is 11.3. The lowest BCUT2D eigenvalue weighted by Gasteiger charge is -2.08. The van der Waals surface area contributed by atoms with E-state index in [1.54, 1.807) is 0 Å². The first-order valence-electron chi connectivity index (χ1n) is 4.08. The molecular weight excluding hydrogens is 237 g/mol. The standard InChI is InChI=1S/C9H9Cl2N3O/c1-2-3-4-15-9-7(11)5-6(10)8(13-9)14-12/h1,5H,3-4,12H2,(H,13,14). The van der Waals surface area contributed by atoms with Crippen LogP contribution in [-0.2, 0) is 0 Å². The van der Waals surface area contributed by atoms with Gasteiger partial charge in [-0.2, -0.15) is 4.98 Å². The summed E-state index contributed by atoms with van der Waals surface area (Å²) in [6, 6.07) is 1.50. The number of rotatable bonds is 4. The molecule has 0 fully saturated rings. The summed E-state index contributed by atoms with van der Waals surface area (Å²) < 4.78 is 5.23. The largest absolute Gasteiger partial charge is 0.476 e. The minimum atomic E-state index is 0.254. The van der Waals surface area contributed by atoms with Gasteiger partial charge in [0.25, 0.3) is 0 Å². The maximum absolute atomic E-state index is 5.85. The zero-order valence-corrected chi connectivity index (χ0v) is 9.27. The molecule has 0 aliphatic rings. The van der Waals surface area contributed by atoms with Crippen LogP contribution in [0.5, 0.6) is 5.88 Å². The third-order valence-corrected chi connectivity index (χ3v) is 2.08. The first kappa shape index (κ1) is 11.9. The summed E-state index contributed by atoms with van der Waals surface area (Å²) in [5.41, 5.74) is 2.33.